The average Bonchev–Trinajstić information content (AvgIpc) is 3.07. The van der Waals surface area contributed by atoms with E-state index in [0.29, 0.717) is 10.7 Å². The minimum atomic E-state index is -3.59. The highest BCUT2D eigenvalue weighted by Gasteiger charge is 2.37. The monoisotopic (exact) mass is 394 g/mol. The van der Waals surface area contributed by atoms with Crippen molar-refractivity contribution >= 4 is 34.3 Å². The number of methoxy groups -OCH3 is 1. The number of ether oxygens (including phenoxy) is 1. The van der Waals surface area contributed by atoms with Crippen LogP contribution in [0.5, 0.6) is 11.5 Å². The van der Waals surface area contributed by atoms with E-state index in [2.05, 4.69) is 10.3 Å². The first-order valence-electron chi connectivity index (χ1n) is 7.71. The van der Waals surface area contributed by atoms with Crippen molar-refractivity contribution < 1.29 is 23.5 Å². The Hall–Kier alpha value is -2.12. The topological polar surface area (TPSA) is 89.9 Å². The van der Waals surface area contributed by atoms with Crippen molar-refractivity contribution in [3.05, 3.63) is 48.0 Å². The van der Waals surface area contributed by atoms with E-state index in [-0.39, 0.29) is 5.75 Å². The molecule has 0 aliphatic heterocycles. The fraction of sp³-hybridized carbons (Fsp3) is 0.235. The molecule has 2 N–H and O–H groups in total. The van der Waals surface area contributed by atoms with Crippen LogP contribution in [0.15, 0.2) is 42.5 Å². The van der Waals surface area contributed by atoms with Crippen molar-refractivity contribution in [2.75, 3.05) is 26.6 Å². The zero-order valence-electron chi connectivity index (χ0n) is 14.5. The number of para-hydroxylation sites is 1. The predicted octanol–water partition coefficient (Wildman–Crippen LogP) is 4.61. The fourth-order valence-corrected chi connectivity index (χ4v) is 4.96. The number of hydrogen-bond acceptors (Lipinski definition) is 8. The molecule has 1 atom stereocenters. The first kappa shape index (κ1) is 18.7. The number of aromatic hydroxyl groups is 1. The van der Waals surface area contributed by atoms with Gasteiger partial charge in [0, 0.05) is 19.8 Å². The molecule has 0 radical (unpaired) electrons. The molecule has 0 bridgehead atoms. The lowest BCUT2D eigenvalue weighted by Crippen LogP contribution is -2.13. The van der Waals surface area contributed by atoms with E-state index < -0.39 is 13.4 Å². The molecule has 0 aliphatic rings. The summed E-state index contributed by atoms with van der Waals surface area (Å²) in [5.41, 5.74) is 1.18. The molecular weight excluding hydrogens is 375 g/mol. The van der Waals surface area contributed by atoms with E-state index in [9.17, 15) is 9.67 Å². The summed E-state index contributed by atoms with van der Waals surface area (Å²) in [5.74, 6) is -0.201. The van der Waals surface area contributed by atoms with Gasteiger partial charge in [-0.15, -0.1) is 0 Å². The van der Waals surface area contributed by atoms with Gasteiger partial charge in [-0.1, -0.05) is 29.5 Å². The van der Waals surface area contributed by atoms with Gasteiger partial charge in [-0.3, -0.25) is 4.57 Å². The van der Waals surface area contributed by atoms with E-state index in [1.807, 2.05) is 18.2 Å². The van der Waals surface area contributed by atoms with Crippen LogP contribution in [0.1, 0.15) is 11.3 Å². The zero-order chi connectivity index (χ0) is 18.7. The molecule has 1 aromatic heterocycles. The number of phenols is 1. The highest BCUT2D eigenvalue weighted by Crippen LogP contribution is 2.61. The van der Waals surface area contributed by atoms with Crippen molar-refractivity contribution in [3.8, 4) is 11.5 Å². The Bertz CT molecular complexity index is 953. The molecule has 0 fully saturated rings. The lowest BCUT2D eigenvalue weighted by atomic mass is 10.2. The second kappa shape index (κ2) is 7.63. The fourth-order valence-electron chi connectivity index (χ4n) is 2.54. The molecular formula is C17H19N2O5PS. The molecule has 0 saturated carbocycles. The summed E-state index contributed by atoms with van der Waals surface area (Å²) in [4.78, 5) is 4.50. The number of rotatable bonds is 7. The second-order valence-corrected chi connectivity index (χ2v) is 8.72. The summed E-state index contributed by atoms with van der Waals surface area (Å²) in [6.45, 7) is 0. The van der Waals surface area contributed by atoms with Crippen LogP contribution in [-0.4, -0.2) is 31.4 Å². The molecule has 0 amide bonds. The molecule has 9 heteroatoms. The van der Waals surface area contributed by atoms with Gasteiger partial charge in [-0.25, -0.2) is 4.98 Å². The van der Waals surface area contributed by atoms with E-state index in [4.69, 9.17) is 13.8 Å². The molecule has 1 heterocycles. The summed E-state index contributed by atoms with van der Waals surface area (Å²) in [6, 6.07) is 12.1. The minimum Gasteiger partial charge on any atom is -0.508 e. The SMILES string of the molecule is COc1ccc2nc(NC(c3ccccc3O)P(=O)(OC)OC)sc2c1. The van der Waals surface area contributed by atoms with Crippen LogP contribution in [0.3, 0.4) is 0 Å². The largest absolute Gasteiger partial charge is 0.508 e. The first-order valence-corrected chi connectivity index (χ1v) is 10.1. The Balaban J connectivity index is 2.03. The standard InChI is InChI=1S/C17H19N2O5PS/c1-22-11-8-9-13-15(10-11)26-17(18-13)19-16(25(21,23-2)24-3)12-6-4-5-7-14(12)20/h4-10,16,20H,1-3H3,(H,18,19). The highest BCUT2D eigenvalue weighted by atomic mass is 32.1. The maximum absolute atomic E-state index is 13.1. The van der Waals surface area contributed by atoms with Gasteiger partial charge in [0.25, 0.3) is 0 Å². The third kappa shape index (κ3) is 3.54. The van der Waals surface area contributed by atoms with Crippen LogP contribution in [-0.2, 0) is 13.6 Å². The summed E-state index contributed by atoms with van der Waals surface area (Å²) < 4.78 is 29.5. The van der Waals surface area contributed by atoms with Gasteiger partial charge in [-0.2, -0.15) is 0 Å². The normalized spacial score (nSPS) is 12.9. The van der Waals surface area contributed by atoms with Crippen LogP contribution < -0.4 is 10.1 Å². The van der Waals surface area contributed by atoms with Gasteiger partial charge in [-0.05, 0) is 24.3 Å². The minimum absolute atomic E-state index is 0.0119. The summed E-state index contributed by atoms with van der Waals surface area (Å²) in [5, 5.41) is 13.8. The Morgan fingerprint density at radius 3 is 2.54 bits per heavy atom. The number of thiazole rings is 1. The third-order valence-corrected chi connectivity index (χ3v) is 6.92. The van der Waals surface area contributed by atoms with E-state index in [1.54, 1.807) is 25.3 Å². The number of hydrogen-bond donors (Lipinski definition) is 2. The lowest BCUT2D eigenvalue weighted by Gasteiger charge is -2.25. The smallest absolute Gasteiger partial charge is 0.356 e. The summed E-state index contributed by atoms with van der Waals surface area (Å²) in [7, 11) is 0.622. The molecule has 1 unspecified atom stereocenters. The van der Waals surface area contributed by atoms with Crippen LogP contribution in [0.4, 0.5) is 5.13 Å². The molecule has 2 aromatic carbocycles. The number of anilines is 1. The molecule has 0 aliphatic carbocycles. The molecule has 3 rings (SSSR count). The molecule has 7 nitrogen and oxygen atoms in total. The van der Waals surface area contributed by atoms with Gasteiger partial charge in [0.2, 0.25) is 0 Å². The average molecular weight is 394 g/mol. The number of phenolic OH excluding ortho intramolecular Hbond substituents is 1. The van der Waals surface area contributed by atoms with Gasteiger partial charge in [0.1, 0.15) is 11.5 Å². The maximum atomic E-state index is 13.1. The first-order chi connectivity index (χ1) is 12.5. The Morgan fingerprint density at radius 2 is 1.88 bits per heavy atom. The Morgan fingerprint density at radius 1 is 1.15 bits per heavy atom. The molecule has 0 saturated heterocycles. The second-order valence-electron chi connectivity index (χ2n) is 5.36. The van der Waals surface area contributed by atoms with Crippen molar-refractivity contribution in [2.45, 2.75) is 5.78 Å². The Kier molecular flexibility index (Phi) is 5.48. The quantitative estimate of drug-likeness (QED) is 0.566. The molecule has 3 aromatic rings. The maximum Gasteiger partial charge on any atom is 0.356 e. The van der Waals surface area contributed by atoms with E-state index >= 15 is 0 Å². The van der Waals surface area contributed by atoms with Crippen LogP contribution in [0, 0.1) is 0 Å². The molecule has 138 valence electrons. The van der Waals surface area contributed by atoms with Crippen molar-refractivity contribution in [1.29, 1.82) is 0 Å². The number of benzene rings is 2. The van der Waals surface area contributed by atoms with Gasteiger partial charge in [0.15, 0.2) is 10.9 Å². The third-order valence-electron chi connectivity index (χ3n) is 3.91. The van der Waals surface area contributed by atoms with Crippen molar-refractivity contribution in [1.82, 2.24) is 4.98 Å². The zero-order valence-corrected chi connectivity index (χ0v) is 16.2. The number of fused-ring (bicyclic) bond motifs is 1. The summed E-state index contributed by atoms with van der Waals surface area (Å²) >= 11 is 1.38. The van der Waals surface area contributed by atoms with E-state index in [1.165, 1.54) is 31.6 Å². The summed E-state index contributed by atoms with van der Waals surface area (Å²) in [6.07, 6.45) is 0. The van der Waals surface area contributed by atoms with E-state index in [0.717, 1.165) is 16.0 Å². The van der Waals surface area contributed by atoms with Crippen molar-refractivity contribution in [2.24, 2.45) is 0 Å². The van der Waals surface area contributed by atoms with Crippen molar-refractivity contribution in [3.63, 3.8) is 0 Å². The van der Waals surface area contributed by atoms with Crippen LogP contribution in [0.25, 0.3) is 10.2 Å². The predicted molar refractivity (Wildman–Crippen MR) is 102 cm³/mol. The van der Waals surface area contributed by atoms with Gasteiger partial charge < -0.3 is 24.2 Å². The number of nitrogens with one attached hydrogen (secondary N) is 1. The van der Waals surface area contributed by atoms with Gasteiger partial charge in [0.05, 0.1) is 17.3 Å². The number of nitrogens with zero attached hydrogens (tertiary/aromatic N) is 1. The molecule has 26 heavy (non-hydrogen) atoms. The van der Waals surface area contributed by atoms with Gasteiger partial charge >= 0.3 is 7.60 Å². The van der Waals surface area contributed by atoms with Crippen LogP contribution in [0.2, 0.25) is 0 Å². The number of aromatic nitrogens is 1. The molecule has 0 spiro atoms. The lowest BCUT2D eigenvalue weighted by molar-refractivity contribution is 0.268. The highest BCUT2D eigenvalue weighted by molar-refractivity contribution is 7.54. The van der Waals surface area contributed by atoms with Crippen LogP contribution >= 0.6 is 18.9 Å². The Labute approximate surface area is 155 Å².